The number of nitrogens with zero attached hydrogens (tertiary/aromatic N) is 7. The molecular weight excluding hydrogens is 1290 g/mol. The quantitative estimate of drug-likeness (QED) is 0.128. The lowest BCUT2D eigenvalue weighted by Crippen LogP contribution is -1.99. The maximum absolute atomic E-state index is 5.19. The van der Waals surface area contributed by atoms with Crippen LogP contribution in [-0.2, 0) is 0 Å². The Labute approximate surface area is 611 Å². The van der Waals surface area contributed by atoms with Crippen LogP contribution >= 0.6 is 0 Å². The van der Waals surface area contributed by atoms with E-state index in [1.54, 1.807) is 0 Å². The van der Waals surface area contributed by atoms with Gasteiger partial charge in [-0.15, -0.1) is 0 Å². The number of hydrogen-bond acceptors (Lipinski definition) is 5. The minimum absolute atomic E-state index is 0.821. The first-order valence-electron chi connectivity index (χ1n) is 35.9. The number of hydrogen-bond donors (Lipinski definition) is 0. The lowest BCUT2D eigenvalue weighted by molar-refractivity contribution is 0.949. The van der Waals surface area contributed by atoms with Gasteiger partial charge in [-0.1, -0.05) is 334 Å². The van der Waals surface area contributed by atoms with Gasteiger partial charge in [0.1, 0.15) is 5.82 Å². The van der Waals surface area contributed by atoms with Crippen LogP contribution in [0.5, 0.6) is 0 Å². The molecule has 0 spiro atoms. The zero-order chi connectivity index (χ0) is 70.0. The highest BCUT2D eigenvalue weighted by Crippen LogP contribution is 2.42. The highest BCUT2D eigenvalue weighted by molar-refractivity contribution is 6.24. The number of fused-ring (bicyclic) bond motifs is 14. The van der Waals surface area contributed by atoms with Gasteiger partial charge in [0.15, 0.2) is 5.82 Å². The third-order valence-electron chi connectivity index (χ3n) is 20.8. The lowest BCUT2D eigenvalue weighted by atomic mass is 9.94. The number of para-hydroxylation sites is 5. The van der Waals surface area contributed by atoms with E-state index in [1.807, 2.05) is 40.9 Å². The van der Waals surface area contributed by atoms with Crippen molar-refractivity contribution < 1.29 is 0 Å². The van der Waals surface area contributed by atoms with Gasteiger partial charge in [-0.3, -0.25) is 4.57 Å². The average molecular weight is 1350 g/mol. The molecule has 0 fully saturated rings. The summed E-state index contributed by atoms with van der Waals surface area (Å²) in [5, 5.41) is 18.3. The number of benzene rings is 16. The van der Waals surface area contributed by atoms with Crippen molar-refractivity contribution >= 4 is 92.3 Å². The summed E-state index contributed by atoms with van der Waals surface area (Å²) in [6.07, 6.45) is 0. The molecule has 0 amide bonds. The summed E-state index contributed by atoms with van der Waals surface area (Å²) in [7, 11) is 0. The van der Waals surface area contributed by atoms with Crippen LogP contribution in [0, 0.1) is 0 Å². The Morgan fingerprint density at radius 1 is 0.198 bits per heavy atom. The van der Waals surface area contributed by atoms with Crippen molar-refractivity contribution in [2.45, 2.75) is 0 Å². The van der Waals surface area contributed by atoms with E-state index in [-0.39, 0.29) is 0 Å². The number of pyridine rings is 2. The van der Waals surface area contributed by atoms with Crippen molar-refractivity contribution in [3.63, 3.8) is 0 Å². The predicted molar refractivity (Wildman–Crippen MR) is 441 cm³/mol. The molecule has 0 saturated carbocycles. The molecule has 7 nitrogen and oxygen atoms in total. The Kier molecular flexibility index (Phi) is 15.1. The molecule has 0 bridgehead atoms. The smallest absolute Gasteiger partial charge is 0.161 e. The summed E-state index contributed by atoms with van der Waals surface area (Å²) in [5.74, 6) is 1.76. The predicted octanol–water partition coefficient (Wildman–Crippen LogP) is 25.6. The van der Waals surface area contributed by atoms with Gasteiger partial charge in [-0.2, -0.15) is 5.10 Å². The molecule has 5 aromatic heterocycles. The first kappa shape index (κ1) is 61.6. The Bertz CT molecular complexity index is 6900. The zero-order valence-corrected chi connectivity index (χ0v) is 57.5. The van der Waals surface area contributed by atoms with Crippen LogP contribution in [0.3, 0.4) is 0 Å². The molecule has 5 heterocycles. The highest BCUT2D eigenvalue weighted by atomic mass is 15.3. The van der Waals surface area contributed by atoms with Crippen LogP contribution in [0.1, 0.15) is 0 Å². The van der Waals surface area contributed by atoms with Crippen molar-refractivity contribution in [3.05, 3.63) is 382 Å². The zero-order valence-electron chi connectivity index (χ0n) is 57.5. The summed E-state index contributed by atoms with van der Waals surface area (Å²) in [6, 6.07) is 135. The molecule has 21 aromatic rings. The van der Waals surface area contributed by atoms with E-state index in [0.29, 0.717) is 0 Å². The van der Waals surface area contributed by atoms with Crippen LogP contribution in [0.25, 0.3) is 199 Å². The van der Waals surface area contributed by atoms with E-state index < -0.39 is 0 Å². The molecule has 0 aliphatic rings. The molecule has 21 rings (SSSR count). The summed E-state index contributed by atoms with van der Waals surface area (Å²) < 4.78 is 4.24. The molecular formula is C99H63N7. The second kappa shape index (κ2) is 26.0. The molecule has 0 radical (unpaired) electrons. The Morgan fingerprint density at radius 3 is 1.01 bits per heavy atom. The maximum Gasteiger partial charge on any atom is 0.161 e. The fourth-order valence-corrected chi connectivity index (χ4v) is 15.5. The number of rotatable bonds is 10. The van der Waals surface area contributed by atoms with Crippen molar-refractivity contribution in [1.29, 1.82) is 0 Å². The third kappa shape index (κ3) is 11.0. The molecule has 0 saturated heterocycles. The fraction of sp³-hybridized carbons (Fsp3) is 0. The van der Waals surface area contributed by atoms with Crippen LogP contribution in [0.4, 0.5) is 0 Å². The van der Waals surface area contributed by atoms with E-state index in [9.17, 15) is 0 Å². The van der Waals surface area contributed by atoms with E-state index in [4.69, 9.17) is 25.0 Å². The Hall–Kier alpha value is -14.3. The monoisotopic (exact) mass is 1350 g/mol. The number of aromatic nitrogens is 7. The second-order valence-corrected chi connectivity index (χ2v) is 27.1. The second-order valence-electron chi connectivity index (χ2n) is 27.1. The molecule has 0 aliphatic carbocycles. The molecule has 0 atom stereocenters. The lowest BCUT2D eigenvalue weighted by Gasteiger charge is -2.13. The van der Waals surface area contributed by atoms with Crippen LogP contribution in [-0.4, -0.2) is 34.1 Å². The Balaban J connectivity index is 0.000000141. The van der Waals surface area contributed by atoms with Crippen LogP contribution in [0.2, 0.25) is 0 Å². The summed E-state index contributed by atoms with van der Waals surface area (Å²) in [6.45, 7) is 0. The van der Waals surface area contributed by atoms with Gasteiger partial charge in [0.05, 0.1) is 50.2 Å². The first-order valence-corrected chi connectivity index (χ1v) is 35.9. The first-order chi connectivity index (χ1) is 52.5. The molecule has 106 heavy (non-hydrogen) atoms. The summed E-state index contributed by atoms with van der Waals surface area (Å²) >= 11 is 0. The Morgan fingerprint density at radius 2 is 0.538 bits per heavy atom. The van der Waals surface area contributed by atoms with Crippen molar-refractivity contribution in [1.82, 2.24) is 34.1 Å². The van der Waals surface area contributed by atoms with Gasteiger partial charge in [0, 0.05) is 71.2 Å². The minimum Gasteiger partial charge on any atom is -0.292 e. The van der Waals surface area contributed by atoms with Crippen molar-refractivity contribution in [2.24, 2.45) is 0 Å². The minimum atomic E-state index is 0.821. The summed E-state index contributed by atoms with van der Waals surface area (Å²) in [4.78, 5) is 20.5. The van der Waals surface area contributed by atoms with Gasteiger partial charge < -0.3 is 0 Å². The van der Waals surface area contributed by atoms with Gasteiger partial charge >= 0.3 is 0 Å². The molecule has 0 unspecified atom stereocenters. The SMILES string of the molecule is c1ccc(-c2cc3c4ccccc4nc(-c4ccc(-c5ccc(-c6ccc(-c7nc8ccccc8c8c7ccc7ccccc78)cc6)cc5)cc4)n3n2)cc1.c1ccc(-c2nc3ccccc3n2-c2ccc(-c3ccc(-c4ccc(-c5nc6ccccc6c6c5ccc5ccccc56)cc4)cc3)cc2)cc1. The highest BCUT2D eigenvalue weighted by Gasteiger charge is 2.20. The maximum atomic E-state index is 5.19. The third-order valence-corrected chi connectivity index (χ3v) is 20.8. The molecule has 0 N–H and O–H groups in total. The molecule has 7 heteroatoms. The normalized spacial score (nSPS) is 11.6. The van der Waals surface area contributed by atoms with Gasteiger partial charge in [-0.25, -0.2) is 24.5 Å². The van der Waals surface area contributed by atoms with E-state index in [1.165, 1.54) is 87.2 Å². The van der Waals surface area contributed by atoms with Crippen LogP contribution < -0.4 is 0 Å². The molecule has 0 aliphatic heterocycles. The number of imidazole rings is 1. The van der Waals surface area contributed by atoms with E-state index in [0.717, 1.165) is 112 Å². The topological polar surface area (TPSA) is 73.8 Å². The largest absolute Gasteiger partial charge is 0.292 e. The molecule has 16 aromatic carbocycles. The van der Waals surface area contributed by atoms with Gasteiger partial charge in [0.25, 0.3) is 0 Å². The average Bonchev–Trinajstić information content (AvgIpc) is 1.06. The standard InChI is InChI=1S/C51H32N4.C48H31N3/c1-2-11-38(12-3-1)47-32-48-42-14-6-8-16-45(42)53-51(55(48)54-47)40-28-24-36(25-29-40)34-20-18-33(19-21-34)35-22-26-39(27-23-35)50-44-31-30-37-10-4-5-13-41(37)49(44)43-15-7-9-17-46(43)52-50;1-2-11-38(12-3-1)48-50-44-16-8-9-17-45(44)51(48)39-29-26-35(27-30-39)33-20-18-32(19-21-33)34-22-24-37(25-23-34)47-42-31-28-36-10-4-5-13-40(36)46(42)41-14-6-7-15-43(41)49-47/h1-32H;1-31H. The molecule has 494 valence electrons. The van der Waals surface area contributed by atoms with Gasteiger partial charge in [0.2, 0.25) is 0 Å². The van der Waals surface area contributed by atoms with E-state index in [2.05, 4.69) is 350 Å². The van der Waals surface area contributed by atoms with Crippen molar-refractivity contribution in [2.75, 3.05) is 0 Å². The van der Waals surface area contributed by atoms with Crippen molar-refractivity contribution in [3.8, 4) is 107 Å². The van der Waals surface area contributed by atoms with Gasteiger partial charge in [-0.05, 0) is 115 Å². The van der Waals surface area contributed by atoms with Crippen LogP contribution in [0.15, 0.2) is 382 Å². The summed E-state index contributed by atoms with van der Waals surface area (Å²) in [5.41, 5.74) is 24.9. The van der Waals surface area contributed by atoms with E-state index >= 15 is 0 Å². The fourth-order valence-electron chi connectivity index (χ4n) is 15.5.